The summed E-state index contributed by atoms with van der Waals surface area (Å²) in [5.74, 6) is 1.32. The maximum absolute atomic E-state index is 12.6. The van der Waals surface area contributed by atoms with Crippen molar-refractivity contribution in [2.24, 2.45) is 5.92 Å². The van der Waals surface area contributed by atoms with Gasteiger partial charge in [-0.25, -0.2) is 0 Å². The van der Waals surface area contributed by atoms with E-state index in [1.807, 2.05) is 18.7 Å². The summed E-state index contributed by atoms with van der Waals surface area (Å²) < 4.78 is 5.10. The number of rotatable bonds is 1. The van der Waals surface area contributed by atoms with Crippen LogP contribution in [0.5, 0.6) is 0 Å². The molecule has 3 heterocycles. The molecule has 2 saturated heterocycles. The molecule has 2 aliphatic heterocycles. The zero-order chi connectivity index (χ0) is 13.4. The third-order valence-electron chi connectivity index (χ3n) is 4.43. The molecule has 0 spiro atoms. The Kier molecular flexibility index (Phi) is 4.70. The van der Waals surface area contributed by atoms with Crippen molar-refractivity contribution < 1.29 is 9.32 Å². The number of nitrogens with zero attached hydrogens (tertiary/aromatic N) is 2. The molecule has 0 unspecified atom stereocenters. The third-order valence-corrected chi connectivity index (χ3v) is 4.43. The maximum atomic E-state index is 12.6. The predicted octanol–water partition coefficient (Wildman–Crippen LogP) is 1.93. The number of piperidine rings is 2. The number of amides is 1. The van der Waals surface area contributed by atoms with Crippen LogP contribution in [0.25, 0.3) is 0 Å². The van der Waals surface area contributed by atoms with Gasteiger partial charge in [-0.05, 0) is 45.6 Å². The second-order valence-corrected chi connectivity index (χ2v) is 5.70. The van der Waals surface area contributed by atoms with Gasteiger partial charge in [-0.1, -0.05) is 5.16 Å². The van der Waals surface area contributed by atoms with Gasteiger partial charge in [0, 0.05) is 19.1 Å². The van der Waals surface area contributed by atoms with E-state index in [4.69, 9.17) is 4.52 Å². The minimum Gasteiger partial charge on any atom is -0.361 e. The molecule has 20 heavy (non-hydrogen) atoms. The Balaban J connectivity index is 0.00000147. The normalized spacial score (nSPS) is 25.8. The first-order chi connectivity index (χ1) is 9.16. The van der Waals surface area contributed by atoms with Gasteiger partial charge in [0.1, 0.15) is 11.3 Å². The van der Waals surface area contributed by atoms with Crippen molar-refractivity contribution in [1.82, 2.24) is 15.4 Å². The zero-order valence-corrected chi connectivity index (χ0v) is 12.8. The molecule has 2 fully saturated rings. The Morgan fingerprint density at radius 3 is 2.90 bits per heavy atom. The molecule has 0 radical (unpaired) electrons. The average Bonchev–Trinajstić information content (AvgIpc) is 2.77. The molecule has 3 rings (SSSR count). The highest BCUT2D eigenvalue weighted by molar-refractivity contribution is 5.96. The monoisotopic (exact) mass is 299 g/mol. The summed E-state index contributed by atoms with van der Waals surface area (Å²) in [5.41, 5.74) is 1.36. The number of nitrogens with one attached hydrogen (secondary N) is 1. The standard InChI is InChI=1S/C14H21N3O2.ClH/c1-9-13(10(2)19-16-9)14(18)17-7-5-12-11(8-17)4-3-6-15-12;/h11-12,15H,3-8H2,1-2H3;1H/t11-,12+;/m1./s1. The van der Waals surface area contributed by atoms with Crippen molar-refractivity contribution in [3.05, 3.63) is 17.0 Å². The van der Waals surface area contributed by atoms with Crippen molar-refractivity contribution >= 4 is 18.3 Å². The van der Waals surface area contributed by atoms with Gasteiger partial charge in [0.05, 0.1) is 5.69 Å². The van der Waals surface area contributed by atoms with Crippen LogP contribution < -0.4 is 5.32 Å². The molecule has 5 nitrogen and oxygen atoms in total. The summed E-state index contributed by atoms with van der Waals surface area (Å²) in [6.45, 7) is 6.46. The molecule has 0 saturated carbocycles. The van der Waals surface area contributed by atoms with E-state index < -0.39 is 0 Å². The minimum atomic E-state index is 0. The number of halogens is 1. The Labute approximate surface area is 125 Å². The second-order valence-electron chi connectivity index (χ2n) is 5.70. The molecule has 0 aromatic carbocycles. The molecular weight excluding hydrogens is 278 g/mol. The van der Waals surface area contributed by atoms with E-state index in [0.717, 1.165) is 26.1 Å². The minimum absolute atomic E-state index is 0. The number of hydrogen-bond donors (Lipinski definition) is 1. The number of carbonyl (C=O) groups excluding carboxylic acids is 1. The van der Waals surface area contributed by atoms with Gasteiger partial charge in [0.25, 0.3) is 5.91 Å². The summed E-state index contributed by atoms with van der Waals surface area (Å²) in [6.07, 6.45) is 3.50. The summed E-state index contributed by atoms with van der Waals surface area (Å²) >= 11 is 0. The molecule has 0 bridgehead atoms. The van der Waals surface area contributed by atoms with Crippen LogP contribution >= 0.6 is 12.4 Å². The molecule has 1 amide bonds. The molecule has 0 aliphatic carbocycles. The SMILES string of the molecule is Cc1noc(C)c1C(=O)N1CC[C@@H]2NCCC[C@@H]2C1.Cl. The van der Waals surface area contributed by atoms with Gasteiger partial charge in [0.15, 0.2) is 0 Å². The average molecular weight is 300 g/mol. The van der Waals surface area contributed by atoms with E-state index in [1.54, 1.807) is 0 Å². The maximum Gasteiger partial charge on any atom is 0.259 e. The van der Waals surface area contributed by atoms with Gasteiger partial charge in [-0.15, -0.1) is 12.4 Å². The van der Waals surface area contributed by atoms with E-state index in [0.29, 0.717) is 29.0 Å². The van der Waals surface area contributed by atoms with Crippen LogP contribution in [0.3, 0.4) is 0 Å². The lowest BCUT2D eigenvalue weighted by molar-refractivity contribution is 0.0590. The fourth-order valence-electron chi connectivity index (χ4n) is 3.38. The highest BCUT2D eigenvalue weighted by atomic mass is 35.5. The molecule has 2 aliphatic rings. The van der Waals surface area contributed by atoms with E-state index in [2.05, 4.69) is 10.5 Å². The second kappa shape index (κ2) is 6.14. The molecule has 112 valence electrons. The number of fused-ring (bicyclic) bond motifs is 1. The lowest BCUT2D eigenvalue weighted by atomic mass is 9.85. The molecule has 6 heteroatoms. The van der Waals surface area contributed by atoms with Crippen LogP contribution in [0.4, 0.5) is 0 Å². The Bertz CT molecular complexity index is 469. The van der Waals surface area contributed by atoms with Crippen LogP contribution in [0.15, 0.2) is 4.52 Å². The van der Waals surface area contributed by atoms with E-state index in [-0.39, 0.29) is 18.3 Å². The van der Waals surface area contributed by atoms with Gasteiger partial charge >= 0.3 is 0 Å². The molecular formula is C14H22ClN3O2. The van der Waals surface area contributed by atoms with Crippen LogP contribution in [0.1, 0.15) is 41.1 Å². The smallest absolute Gasteiger partial charge is 0.259 e. The number of likely N-dealkylation sites (tertiary alicyclic amines) is 1. The molecule has 1 N–H and O–H groups in total. The van der Waals surface area contributed by atoms with Crippen molar-refractivity contribution in [3.8, 4) is 0 Å². The van der Waals surface area contributed by atoms with Gasteiger partial charge < -0.3 is 14.7 Å². The fourth-order valence-corrected chi connectivity index (χ4v) is 3.38. The van der Waals surface area contributed by atoms with Crippen molar-refractivity contribution in [2.45, 2.75) is 39.2 Å². The van der Waals surface area contributed by atoms with Crippen LogP contribution in [-0.4, -0.2) is 41.6 Å². The Morgan fingerprint density at radius 1 is 1.40 bits per heavy atom. The van der Waals surface area contributed by atoms with Crippen molar-refractivity contribution in [1.29, 1.82) is 0 Å². The summed E-state index contributed by atoms with van der Waals surface area (Å²) in [5, 5.41) is 7.45. The van der Waals surface area contributed by atoms with E-state index >= 15 is 0 Å². The van der Waals surface area contributed by atoms with Crippen LogP contribution in [0.2, 0.25) is 0 Å². The molecule has 1 aromatic heterocycles. The van der Waals surface area contributed by atoms with Gasteiger partial charge in [0.2, 0.25) is 0 Å². The topological polar surface area (TPSA) is 58.4 Å². The lowest BCUT2D eigenvalue weighted by Crippen LogP contribution is -2.53. The number of hydrogen-bond acceptors (Lipinski definition) is 4. The van der Waals surface area contributed by atoms with Crippen LogP contribution in [-0.2, 0) is 0 Å². The summed E-state index contributed by atoms with van der Waals surface area (Å²) in [6, 6.07) is 0.600. The number of carbonyl (C=O) groups is 1. The third kappa shape index (κ3) is 2.69. The first-order valence-electron chi connectivity index (χ1n) is 7.12. The fraction of sp³-hybridized carbons (Fsp3) is 0.714. The molecule has 1 aromatic rings. The van der Waals surface area contributed by atoms with Crippen LogP contribution in [0, 0.1) is 19.8 Å². The first kappa shape index (κ1) is 15.3. The highest BCUT2D eigenvalue weighted by Crippen LogP contribution is 2.26. The predicted molar refractivity (Wildman–Crippen MR) is 78.3 cm³/mol. The Morgan fingerprint density at radius 2 is 2.20 bits per heavy atom. The number of aromatic nitrogens is 1. The van der Waals surface area contributed by atoms with E-state index in [9.17, 15) is 4.79 Å². The largest absolute Gasteiger partial charge is 0.361 e. The van der Waals surface area contributed by atoms with E-state index in [1.165, 1.54) is 12.8 Å². The van der Waals surface area contributed by atoms with Gasteiger partial charge in [-0.3, -0.25) is 4.79 Å². The summed E-state index contributed by atoms with van der Waals surface area (Å²) in [4.78, 5) is 14.6. The van der Waals surface area contributed by atoms with Gasteiger partial charge in [-0.2, -0.15) is 0 Å². The summed E-state index contributed by atoms with van der Waals surface area (Å²) in [7, 11) is 0. The quantitative estimate of drug-likeness (QED) is 0.861. The highest BCUT2D eigenvalue weighted by Gasteiger charge is 2.34. The lowest BCUT2D eigenvalue weighted by Gasteiger charge is -2.41. The van der Waals surface area contributed by atoms with Crippen molar-refractivity contribution in [3.63, 3.8) is 0 Å². The molecule has 2 atom stereocenters. The zero-order valence-electron chi connectivity index (χ0n) is 12.0. The first-order valence-corrected chi connectivity index (χ1v) is 7.12. The Hall–Kier alpha value is -1.07. The number of aryl methyl sites for hydroxylation is 2. The van der Waals surface area contributed by atoms with Crippen molar-refractivity contribution in [2.75, 3.05) is 19.6 Å².